The maximum Gasteiger partial charge on any atom is 0.251 e. The predicted octanol–water partition coefficient (Wildman–Crippen LogP) is 3.52. The molecule has 1 amide bonds. The minimum Gasteiger partial charge on any atom is -0.454 e. The highest BCUT2D eigenvalue weighted by Gasteiger charge is 2.20. The fourth-order valence-corrected chi connectivity index (χ4v) is 2.83. The standard InChI is InChI=1S/C18H19ClN2O3.ClH/c1-21(2)15(12-6-7-16-17(9-12)24-11-23-16)10-20-18(22)13-4-3-5-14(19)8-13;/h3-9,15H,10-11H2,1-2H3,(H,20,22);1H. The number of fused-ring (bicyclic) bond motifs is 1. The number of hydrogen-bond acceptors (Lipinski definition) is 4. The molecule has 7 heteroatoms. The first-order valence-corrected chi connectivity index (χ1v) is 8.02. The van der Waals surface area contributed by atoms with E-state index in [1.807, 2.05) is 32.3 Å². The number of nitrogens with one attached hydrogen (secondary N) is 1. The lowest BCUT2D eigenvalue weighted by molar-refractivity contribution is 0.0942. The Morgan fingerprint density at radius 3 is 2.68 bits per heavy atom. The van der Waals surface area contributed by atoms with Crippen molar-refractivity contribution in [1.82, 2.24) is 10.2 Å². The van der Waals surface area contributed by atoms with Crippen LogP contribution in [0.2, 0.25) is 5.02 Å². The third-order valence-electron chi connectivity index (χ3n) is 3.95. The Morgan fingerprint density at radius 1 is 1.20 bits per heavy atom. The van der Waals surface area contributed by atoms with E-state index in [4.69, 9.17) is 21.1 Å². The van der Waals surface area contributed by atoms with Crippen LogP contribution in [-0.2, 0) is 0 Å². The Hall–Kier alpha value is -1.95. The highest BCUT2D eigenvalue weighted by molar-refractivity contribution is 6.30. The second-order valence-electron chi connectivity index (χ2n) is 5.81. The molecule has 0 spiro atoms. The molecular weight excluding hydrogens is 363 g/mol. The number of rotatable bonds is 5. The Kier molecular flexibility index (Phi) is 6.53. The minimum absolute atomic E-state index is 0. The van der Waals surface area contributed by atoms with Gasteiger partial charge in [0, 0.05) is 17.1 Å². The molecule has 0 aromatic heterocycles. The van der Waals surface area contributed by atoms with Crippen LogP contribution in [0.3, 0.4) is 0 Å². The third kappa shape index (κ3) is 4.57. The zero-order chi connectivity index (χ0) is 17.1. The van der Waals surface area contributed by atoms with E-state index in [9.17, 15) is 4.79 Å². The number of carbonyl (C=O) groups excluding carboxylic acids is 1. The van der Waals surface area contributed by atoms with Gasteiger partial charge in [-0.15, -0.1) is 12.4 Å². The van der Waals surface area contributed by atoms with Crippen LogP contribution in [0.5, 0.6) is 11.5 Å². The van der Waals surface area contributed by atoms with Gasteiger partial charge >= 0.3 is 0 Å². The number of amides is 1. The summed E-state index contributed by atoms with van der Waals surface area (Å²) in [6, 6.07) is 12.8. The quantitative estimate of drug-likeness (QED) is 0.859. The lowest BCUT2D eigenvalue weighted by Crippen LogP contribution is -2.34. The largest absolute Gasteiger partial charge is 0.454 e. The maximum atomic E-state index is 12.3. The maximum absolute atomic E-state index is 12.3. The summed E-state index contributed by atoms with van der Waals surface area (Å²) in [6.45, 7) is 0.717. The van der Waals surface area contributed by atoms with Gasteiger partial charge in [0.2, 0.25) is 6.79 Å². The first-order valence-electron chi connectivity index (χ1n) is 7.64. The molecule has 5 nitrogen and oxygen atoms in total. The summed E-state index contributed by atoms with van der Waals surface area (Å²) < 4.78 is 10.8. The van der Waals surface area contributed by atoms with Crippen molar-refractivity contribution in [3.63, 3.8) is 0 Å². The van der Waals surface area contributed by atoms with Gasteiger partial charge in [-0.25, -0.2) is 0 Å². The van der Waals surface area contributed by atoms with Gasteiger partial charge in [0.25, 0.3) is 5.91 Å². The van der Waals surface area contributed by atoms with Gasteiger partial charge < -0.3 is 19.7 Å². The number of benzene rings is 2. The highest BCUT2D eigenvalue weighted by Crippen LogP contribution is 2.34. The smallest absolute Gasteiger partial charge is 0.251 e. The molecule has 1 atom stereocenters. The summed E-state index contributed by atoms with van der Waals surface area (Å²) >= 11 is 5.94. The SMILES string of the molecule is CN(C)C(CNC(=O)c1cccc(Cl)c1)c1ccc2c(c1)OCO2.Cl. The molecule has 0 radical (unpaired) electrons. The van der Waals surface area contributed by atoms with Crippen LogP contribution in [0.15, 0.2) is 42.5 Å². The van der Waals surface area contributed by atoms with E-state index in [1.165, 1.54) is 0 Å². The Labute approximate surface area is 158 Å². The van der Waals surface area contributed by atoms with Gasteiger partial charge in [-0.3, -0.25) is 4.79 Å². The van der Waals surface area contributed by atoms with Crippen molar-refractivity contribution in [3.8, 4) is 11.5 Å². The lowest BCUT2D eigenvalue weighted by Gasteiger charge is -2.25. The molecule has 1 unspecified atom stereocenters. The number of likely N-dealkylation sites (N-methyl/N-ethyl adjacent to an activating group) is 1. The van der Waals surface area contributed by atoms with Crippen LogP contribution in [0.25, 0.3) is 0 Å². The molecule has 25 heavy (non-hydrogen) atoms. The lowest BCUT2D eigenvalue weighted by atomic mass is 10.0. The molecule has 1 N–H and O–H groups in total. The molecular formula is C18H20Cl2N2O3. The van der Waals surface area contributed by atoms with Crippen LogP contribution < -0.4 is 14.8 Å². The summed E-state index contributed by atoms with van der Waals surface area (Å²) in [5.74, 6) is 1.34. The van der Waals surface area contributed by atoms with E-state index in [1.54, 1.807) is 24.3 Å². The fourth-order valence-electron chi connectivity index (χ4n) is 2.64. The topological polar surface area (TPSA) is 50.8 Å². The van der Waals surface area contributed by atoms with E-state index < -0.39 is 0 Å². The molecule has 0 saturated heterocycles. The first kappa shape index (κ1) is 19.4. The molecule has 1 heterocycles. The van der Waals surface area contributed by atoms with E-state index in [0.29, 0.717) is 17.1 Å². The number of nitrogens with zero attached hydrogens (tertiary/aromatic N) is 1. The van der Waals surface area contributed by atoms with Gasteiger partial charge in [-0.05, 0) is 50.0 Å². The Bertz CT molecular complexity index is 753. The average Bonchev–Trinajstić information content (AvgIpc) is 3.02. The molecule has 0 bridgehead atoms. The number of ether oxygens (including phenoxy) is 2. The van der Waals surface area contributed by atoms with Crippen molar-refractivity contribution < 1.29 is 14.3 Å². The molecule has 2 aromatic carbocycles. The summed E-state index contributed by atoms with van der Waals surface area (Å²) in [7, 11) is 3.95. The third-order valence-corrected chi connectivity index (χ3v) is 4.18. The molecule has 0 aliphatic carbocycles. The second kappa shape index (κ2) is 8.43. The summed E-state index contributed by atoms with van der Waals surface area (Å²) in [5, 5.41) is 3.51. The highest BCUT2D eigenvalue weighted by atomic mass is 35.5. The molecule has 3 rings (SSSR count). The van der Waals surface area contributed by atoms with Gasteiger partial charge in [-0.2, -0.15) is 0 Å². The monoisotopic (exact) mass is 382 g/mol. The molecule has 0 fully saturated rings. The zero-order valence-electron chi connectivity index (χ0n) is 14.0. The van der Waals surface area contributed by atoms with Crippen LogP contribution >= 0.6 is 24.0 Å². The number of hydrogen-bond donors (Lipinski definition) is 1. The van der Waals surface area contributed by atoms with Gasteiger partial charge in [0.05, 0.1) is 6.04 Å². The Morgan fingerprint density at radius 2 is 1.96 bits per heavy atom. The molecule has 2 aromatic rings. The van der Waals surface area contributed by atoms with Crippen molar-refractivity contribution in [2.75, 3.05) is 27.4 Å². The summed E-state index contributed by atoms with van der Waals surface area (Å²) in [5.41, 5.74) is 1.60. The molecule has 1 aliphatic heterocycles. The van der Waals surface area contributed by atoms with Crippen molar-refractivity contribution in [1.29, 1.82) is 0 Å². The zero-order valence-corrected chi connectivity index (χ0v) is 15.6. The van der Waals surface area contributed by atoms with Crippen molar-refractivity contribution >= 4 is 29.9 Å². The summed E-state index contributed by atoms with van der Waals surface area (Å²) in [6.07, 6.45) is 0. The van der Waals surface area contributed by atoms with Crippen LogP contribution in [-0.4, -0.2) is 38.2 Å². The molecule has 134 valence electrons. The number of halogens is 2. The van der Waals surface area contributed by atoms with E-state index in [2.05, 4.69) is 10.2 Å². The van der Waals surface area contributed by atoms with Crippen molar-refractivity contribution in [2.24, 2.45) is 0 Å². The number of carbonyl (C=O) groups is 1. The van der Waals surface area contributed by atoms with E-state index in [-0.39, 0.29) is 31.1 Å². The van der Waals surface area contributed by atoms with Crippen molar-refractivity contribution in [3.05, 3.63) is 58.6 Å². The van der Waals surface area contributed by atoms with Crippen LogP contribution in [0, 0.1) is 0 Å². The van der Waals surface area contributed by atoms with Gasteiger partial charge in [0.1, 0.15) is 0 Å². The summed E-state index contributed by atoms with van der Waals surface area (Å²) in [4.78, 5) is 14.4. The fraction of sp³-hybridized carbons (Fsp3) is 0.278. The minimum atomic E-state index is -0.148. The normalized spacial score (nSPS) is 13.3. The predicted molar refractivity (Wildman–Crippen MR) is 100 cm³/mol. The average molecular weight is 383 g/mol. The van der Waals surface area contributed by atoms with Crippen LogP contribution in [0.1, 0.15) is 22.0 Å². The van der Waals surface area contributed by atoms with Crippen molar-refractivity contribution in [2.45, 2.75) is 6.04 Å². The van der Waals surface area contributed by atoms with E-state index >= 15 is 0 Å². The van der Waals surface area contributed by atoms with Gasteiger partial charge in [0.15, 0.2) is 11.5 Å². The molecule has 0 saturated carbocycles. The van der Waals surface area contributed by atoms with E-state index in [0.717, 1.165) is 17.1 Å². The van der Waals surface area contributed by atoms with Crippen LogP contribution in [0.4, 0.5) is 0 Å². The second-order valence-corrected chi connectivity index (χ2v) is 6.25. The first-order chi connectivity index (χ1) is 11.5. The Balaban J connectivity index is 0.00000225. The van der Waals surface area contributed by atoms with Gasteiger partial charge in [-0.1, -0.05) is 23.7 Å². The molecule has 1 aliphatic rings.